The van der Waals surface area contributed by atoms with Crippen LogP contribution in [0.5, 0.6) is 5.75 Å². The number of carbonyl (C=O) groups is 2. The van der Waals surface area contributed by atoms with Crippen LogP contribution >= 0.6 is 23.2 Å². The van der Waals surface area contributed by atoms with E-state index in [1.807, 2.05) is 29.2 Å². The third kappa shape index (κ3) is 5.81. The highest BCUT2D eigenvalue weighted by Crippen LogP contribution is 2.27. The van der Waals surface area contributed by atoms with Crippen molar-refractivity contribution in [2.24, 2.45) is 5.92 Å². The van der Waals surface area contributed by atoms with Crippen molar-refractivity contribution in [2.45, 2.75) is 31.7 Å². The van der Waals surface area contributed by atoms with E-state index in [4.69, 9.17) is 27.9 Å². The van der Waals surface area contributed by atoms with E-state index in [0.29, 0.717) is 21.7 Å². The van der Waals surface area contributed by atoms with Gasteiger partial charge < -0.3 is 19.9 Å². The molecule has 33 heavy (non-hydrogen) atoms. The molecule has 8 heteroatoms. The first-order chi connectivity index (χ1) is 15.9. The highest BCUT2D eigenvalue weighted by Gasteiger charge is 2.32. The number of nitrogens with zero attached hydrogens (tertiary/aromatic N) is 2. The summed E-state index contributed by atoms with van der Waals surface area (Å²) in [7, 11) is 1.62. The van der Waals surface area contributed by atoms with E-state index >= 15 is 0 Å². The Labute approximate surface area is 204 Å². The molecule has 0 aromatic heterocycles. The maximum Gasteiger partial charge on any atom is 0.253 e. The van der Waals surface area contributed by atoms with Gasteiger partial charge in [0.2, 0.25) is 5.91 Å². The largest absolute Gasteiger partial charge is 0.497 e. The minimum Gasteiger partial charge on any atom is -0.497 e. The van der Waals surface area contributed by atoms with Crippen LogP contribution in [0, 0.1) is 5.92 Å². The Bertz CT molecular complexity index is 1000. The van der Waals surface area contributed by atoms with Gasteiger partial charge in [0, 0.05) is 42.4 Å². The van der Waals surface area contributed by atoms with E-state index in [1.165, 1.54) is 0 Å². The van der Waals surface area contributed by atoms with Crippen LogP contribution in [0.25, 0.3) is 0 Å². The van der Waals surface area contributed by atoms with Crippen molar-refractivity contribution in [3.05, 3.63) is 58.1 Å². The summed E-state index contributed by atoms with van der Waals surface area (Å²) in [5.41, 5.74) is 1.34. The molecule has 2 aliphatic rings. The molecular formula is C25H29Cl2N3O3. The van der Waals surface area contributed by atoms with E-state index in [9.17, 15) is 9.59 Å². The van der Waals surface area contributed by atoms with Crippen molar-refractivity contribution >= 4 is 40.7 Å². The maximum atomic E-state index is 12.8. The summed E-state index contributed by atoms with van der Waals surface area (Å²) >= 11 is 12.0. The van der Waals surface area contributed by atoms with Gasteiger partial charge in [0.25, 0.3) is 5.91 Å². The number of likely N-dealkylation sites (tertiary alicyclic amines) is 2. The number of ether oxygens (including phenoxy) is 1. The van der Waals surface area contributed by atoms with E-state index in [2.05, 4.69) is 10.2 Å². The fourth-order valence-electron chi connectivity index (χ4n) is 4.72. The number of anilines is 1. The van der Waals surface area contributed by atoms with Crippen molar-refractivity contribution in [1.29, 1.82) is 0 Å². The number of hydrogen-bond donors (Lipinski definition) is 1. The second kappa shape index (κ2) is 10.8. The normalized spacial score (nSPS) is 18.2. The van der Waals surface area contributed by atoms with Gasteiger partial charge in [-0.15, -0.1) is 0 Å². The Morgan fingerprint density at radius 1 is 0.939 bits per heavy atom. The molecule has 0 spiro atoms. The summed E-state index contributed by atoms with van der Waals surface area (Å²) in [6.45, 7) is 3.25. The Hall–Kier alpha value is -2.28. The average Bonchev–Trinajstić information content (AvgIpc) is 2.85. The SMILES string of the molecule is COc1cccc(NC(=O)C2CCN(C3CCN(C(=O)c4ccc(Cl)c(Cl)c4)CC3)CC2)c1. The molecular weight excluding hydrogens is 461 g/mol. The molecule has 0 radical (unpaired) electrons. The van der Waals surface area contributed by atoms with Gasteiger partial charge in [-0.1, -0.05) is 29.3 Å². The van der Waals surface area contributed by atoms with E-state index in [-0.39, 0.29) is 17.7 Å². The standard InChI is InChI=1S/C25H29Cl2N3O3/c1-33-21-4-2-3-19(16-21)28-24(31)17-7-11-29(12-8-17)20-9-13-30(14-10-20)25(32)18-5-6-22(26)23(27)15-18/h2-6,15-17,20H,7-14H2,1H3,(H,28,31). The minimum atomic E-state index is -0.0000570. The number of rotatable bonds is 5. The van der Waals surface area contributed by atoms with Crippen molar-refractivity contribution in [3.63, 3.8) is 0 Å². The summed E-state index contributed by atoms with van der Waals surface area (Å²) in [5, 5.41) is 3.87. The fraction of sp³-hybridized carbons (Fsp3) is 0.440. The van der Waals surface area contributed by atoms with Crippen molar-refractivity contribution in [2.75, 3.05) is 38.6 Å². The second-order valence-electron chi connectivity index (χ2n) is 8.68. The van der Waals surface area contributed by atoms with Gasteiger partial charge >= 0.3 is 0 Å². The zero-order valence-electron chi connectivity index (χ0n) is 18.7. The third-order valence-corrected chi connectivity index (χ3v) is 7.41. The Morgan fingerprint density at radius 3 is 2.33 bits per heavy atom. The average molecular weight is 490 g/mol. The van der Waals surface area contributed by atoms with Crippen LogP contribution in [0.3, 0.4) is 0 Å². The van der Waals surface area contributed by atoms with Crippen molar-refractivity contribution < 1.29 is 14.3 Å². The lowest BCUT2D eigenvalue weighted by Gasteiger charge is -2.41. The number of carbonyl (C=O) groups excluding carboxylic acids is 2. The predicted molar refractivity (Wildman–Crippen MR) is 131 cm³/mol. The molecule has 2 aromatic carbocycles. The van der Waals surface area contributed by atoms with Crippen LogP contribution in [-0.4, -0.2) is 60.9 Å². The summed E-state index contributed by atoms with van der Waals surface area (Å²) < 4.78 is 5.23. The first-order valence-electron chi connectivity index (χ1n) is 11.4. The highest BCUT2D eigenvalue weighted by atomic mass is 35.5. The van der Waals surface area contributed by atoms with Crippen LogP contribution in [0.1, 0.15) is 36.0 Å². The zero-order chi connectivity index (χ0) is 23.4. The molecule has 2 aromatic rings. The van der Waals surface area contributed by atoms with Gasteiger partial charge in [0.05, 0.1) is 17.2 Å². The zero-order valence-corrected chi connectivity index (χ0v) is 20.2. The van der Waals surface area contributed by atoms with Gasteiger partial charge in [-0.2, -0.15) is 0 Å². The fourth-order valence-corrected chi connectivity index (χ4v) is 5.02. The summed E-state index contributed by atoms with van der Waals surface area (Å²) in [5.74, 6) is 0.820. The summed E-state index contributed by atoms with van der Waals surface area (Å²) in [6, 6.07) is 12.9. The molecule has 0 bridgehead atoms. The number of amides is 2. The first kappa shape index (κ1) is 23.9. The third-order valence-electron chi connectivity index (χ3n) is 6.67. The van der Waals surface area contributed by atoms with Gasteiger partial charge in [-0.05, 0) is 69.1 Å². The van der Waals surface area contributed by atoms with Crippen LogP contribution in [-0.2, 0) is 4.79 Å². The van der Waals surface area contributed by atoms with Crippen molar-refractivity contribution in [1.82, 2.24) is 9.80 Å². The molecule has 0 unspecified atom stereocenters. The lowest BCUT2D eigenvalue weighted by atomic mass is 9.92. The molecule has 0 atom stereocenters. The second-order valence-corrected chi connectivity index (χ2v) is 9.50. The monoisotopic (exact) mass is 489 g/mol. The Kier molecular flexibility index (Phi) is 7.78. The molecule has 2 saturated heterocycles. The first-order valence-corrected chi connectivity index (χ1v) is 12.1. The number of nitrogens with one attached hydrogen (secondary N) is 1. The van der Waals surface area contributed by atoms with Gasteiger partial charge in [0.15, 0.2) is 0 Å². The highest BCUT2D eigenvalue weighted by molar-refractivity contribution is 6.42. The van der Waals surface area contributed by atoms with Crippen molar-refractivity contribution in [3.8, 4) is 5.75 Å². The molecule has 6 nitrogen and oxygen atoms in total. The molecule has 0 aliphatic carbocycles. The van der Waals surface area contributed by atoms with Crippen LogP contribution < -0.4 is 10.1 Å². The van der Waals surface area contributed by atoms with Gasteiger partial charge in [-0.3, -0.25) is 9.59 Å². The van der Waals surface area contributed by atoms with Gasteiger partial charge in [-0.25, -0.2) is 0 Å². The lowest BCUT2D eigenvalue weighted by molar-refractivity contribution is -0.121. The Balaban J connectivity index is 1.24. The van der Waals surface area contributed by atoms with Crippen LogP contribution in [0.4, 0.5) is 5.69 Å². The predicted octanol–water partition coefficient (Wildman–Crippen LogP) is 4.96. The molecule has 2 amide bonds. The molecule has 2 heterocycles. The number of benzene rings is 2. The van der Waals surface area contributed by atoms with E-state index in [0.717, 1.165) is 63.3 Å². The van der Waals surface area contributed by atoms with Crippen LogP contribution in [0.15, 0.2) is 42.5 Å². The topological polar surface area (TPSA) is 61.9 Å². The Morgan fingerprint density at radius 2 is 1.67 bits per heavy atom. The molecule has 1 N–H and O–H groups in total. The number of methoxy groups -OCH3 is 1. The van der Waals surface area contributed by atoms with Gasteiger partial charge in [0.1, 0.15) is 5.75 Å². The molecule has 2 aliphatic heterocycles. The smallest absolute Gasteiger partial charge is 0.253 e. The maximum absolute atomic E-state index is 12.8. The van der Waals surface area contributed by atoms with Crippen LogP contribution in [0.2, 0.25) is 10.0 Å². The van der Waals surface area contributed by atoms with E-state index in [1.54, 1.807) is 25.3 Å². The molecule has 4 rings (SSSR count). The quantitative estimate of drug-likeness (QED) is 0.644. The minimum absolute atomic E-state index is 0.0000570. The van der Waals surface area contributed by atoms with E-state index < -0.39 is 0 Å². The number of piperidine rings is 2. The molecule has 2 fully saturated rings. The lowest BCUT2D eigenvalue weighted by Crippen LogP contribution is -2.49. The summed E-state index contributed by atoms with van der Waals surface area (Å²) in [6.07, 6.45) is 3.57. The number of halogens is 2. The molecule has 176 valence electrons. The summed E-state index contributed by atoms with van der Waals surface area (Å²) in [4.78, 5) is 29.9. The molecule has 0 saturated carbocycles. The number of hydrogen-bond acceptors (Lipinski definition) is 4.